The third-order valence-corrected chi connectivity index (χ3v) is 6.92. The average molecular weight is 380 g/mol. The number of ketones is 1. The van der Waals surface area contributed by atoms with Crippen LogP contribution in [0.3, 0.4) is 0 Å². The van der Waals surface area contributed by atoms with Crippen LogP contribution in [0.1, 0.15) is 36.8 Å². The first kappa shape index (κ1) is 15.0. The zero-order valence-corrected chi connectivity index (χ0v) is 14.2. The Labute approximate surface area is 142 Å². The molecular formula is C17H18BrNO4. The third-order valence-electron chi connectivity index (χ3n) is 6.03. The molecule has 0 aromatic heterocycles. The van der Waals surface area contributed by atoms with Gasteiger partial charge in [0.1, 0.15) is 17.3 Å². The van der Waals surface area contributed by atoms with E-state index in [2.05, 4.69) is 15.9 Å². The van der Waals surface area contributed by atoms with Crippen molar-refractivity contribution in [2.75, 3.05) is 6.54 Å². The Hall–Kier alpha value is -1.56. The fourth-order valence-corrected chi connectivity index (χ4v) is 5.63. The molecule has 23 heavy (non-hydrogen) atoms. The molecule has 1 saturated heterocycles. The van der Waals surface area contributed by atoms with Gasteiger partial charge >= 0.3 is 0 Å². The molecule has 1 aromatic rings. The molecule has 0 radical (unpaired) electrons. The second kappa shape index (κ2) is 4.97. The Morgan fingerprint density at radius 1 is 1.35 bits per heavy atom. The van der Waals surface area contributed by atoms with E-state index < -0.39 is 5.41 Å². The van der Waals surface area contributed by atoms with E-state index in [0.717, 1.165) is 24.0 Å². The Morgan fingerprint density at radius 3 is 2.87 bits per heavy atom. The number of fused-ring (bicyclic) bond motifs is 1. The maximum Gasteiger partial charge on any atom is 0.209 e. The number of benzene rings is 1. The summed E-state index contributed by atoms with van der Waals surface area (Å²) in [4.78, 5) is 25.5. The minimum Gasteiger partial charge on any atom is -0.507 e. The van der Waals surface area contributed by atoms with Gasteiger partial charge in [-0.25, -0.2) is 0 Å². The van der Waals surface area contributed by atoms with E-state index >= 15 is 0 Å². The van der Waals surface area contributed by atoms with Crippen LogP contribution in [0, 0.1) is 5.92 Å². The van der Waals surface area contributed by atoms with Crippen molar-refractivity contribution in [1.82, 2.24) is 4.90 Å². The van der Waals surface area contributed by atoms with Crippen LogP contribution in [0.2, 0.25) is 0 Å². The first-order valence-corrected chi connectivity index (χ1v) is 8.74. The third kappa shape index (κ3) is 1.90. The van der Waals surface area contributed by atoms with Crippen LogP contribution in [0.4, 0.5) is 0 Å². The van der Waals surface area contributed by atoms with Gasteiger partial charge in [0.25, 0.3) is 0 Å². The van der Waals surface area contributed by atoms with Gasteiger partial charge in [0.15, 0.2) is 0 Å². The Balaban J connectivity index is 1.98. The number of nitrogens with zero attached hydrogens (tertiary/aromatic N) is 1. The molecule has 4 rings (SSSR count). The van der Waals surface area contributed by atoms with Gasteiger partial charge in [-0.15, -0.1) is 0 Å². The van der Waals surface area contributed by atoms with E-state index in [9.17, 15) is 19.8 Å². The molecule has 3 atom stereocenters. The Morgan fingerprint density at radius 2 is 2.13 bits per heavy atom. The number of aromatic hydroxyl groups is 2. The van der Waals surface area contributed by atoms with Gasteiger partial charge in [-0.2, -0.15) is 0 Å². The van der Waals surface area contributed by atoms with Gasteiger partial charge in [0, 0.05) is 42.5 Å². The summed E-state index contributed by atoms with van der Waals surface area (Å²) in [7, 11) is 0. The lowest BCUT2D eigenvalue weighted by Crippen LogP contribution is -2.61. The summed E-state index contributed by atoms with van der Waals surface area (Å²) >= 11 is 3.43. The number of hydrogen-bond donors (Lipinski definition) is 2. The van der Waals surface area contributed by atoms with Crippen molar-refractivity contribution in [3.63, 3.8) is 0 Å². The molecule has 122 valence electrons. The lowest BCUT2D eigenvalue weighted by molar-refractivity contribution is -0.132. The number of rotatable bonds is 1. The molecule has 2 fully saturated rings. The molecule has 0 unspecified atom stereocenters. The van der Waals surface area contributed by atoms with Crippen molar-refractivity contribution in [3.05, 3.63) is 21.7 Å². The number of phenolic OH excluding ortho intramolecular Hbond substituents is 2. The average Bonchev–Trinajstić information content (AvgIpc) is 2.51. The largest absolute Gasteiger partial charge is 0.507 e. The smallest absolute Gasteiger partial charge is 0.209 e. The predicted molar refractivity (Wildman–Crippen MR) is 86.4 cm³/mol. The molecule has 5 nitrogen and oxygen atoms in total. The molecule has 1 aliphatic heterocycles. The second-order valence-electron chi connectivity index (χ2n) is 6.96. The van der Waals surface area contributed by atoms with Crippen molar-refractivity contribution in [2.24, 2.45) is 5.92 Å². The van der Waals surface area contributed by atoms with E-state index in [0.29, 0.717) is 36.7 Å². The quantitative estimate of drug-likeness (QED) is 0.733. The number of amides is 1. The molecule has 2 bridgehead atoms. The van der Waals surface area contributed by atoms with Crippen LogP contribution in [-0.2, 0) is 21.4 Å². The molecule has 1 aromatic carbocycles. The van der Waals surface area contributed by atoms with Crippen LogP contribution in [0.25, 0.3) is 0 Å². The highest BCUT2D eigenvalue weighted by atomic mass is 79.9. The fraction of sp³-hybridized carbons (Fsp3) is 0.529. The minimum absolute atomic E-state index is 0.00559. The number of halogens is 1. The molecule has 3 aliphatic rings. The van der Waals surface area contributed by atoms with Crippen molar-refractivity contribution < 1.29 is 19.8 Å². The maximum atomic E-state index is 12.2. The molecule has 1 amide bonds. The Bertz CT molecular complexity index is 719. The standard InChI is InChI=1S/C17H18BrNO4/c18-16-10-5-12-11-2-1-9(21)7-17(11,3-4-19(12)8-20)15(10)13(22)6-14(16)23/h6,8,11-12,22-23H,1-5,7H2/t11-,12+,17-/m0/s1. The minimum atomic E-state index is -0.409. The lowest BCUT2D eigenvalue weighted by atomic mass is 9.52. The number of carbonyl (C=O) groups is 2. The summed E-state index contributed by atoms with van der Waals surface area (Å²) < 4.78 is 0.568. The van der Waals surface area contributed by atoms with Gasteiger partial charge in [-0.3, -0.25) is 9.59 Å². The lowest BCUT2D eigenvalue weighted by Gasteiger charge is -2.57. The summed E-state index contributed by atoms with van der Waals surface area (Å²) in [5, 5.41) is 20.6. The van der Waals surface area contributed by atoms with E-state index in [-0.39, 0.29) is 29.2 Å². The number of piperidine rings is 1. The summed E-state index contributed by atoms with van der Waals surface area (Å²) in [6.07, 6.45) is 3.88. The topological polar surface area (TPSA) is 77.8 Å². The molecule has 1 saturated carbocycles. The monoisotopic (exact) mass is 379 g/mol. The molecule has 6 heteroatoms. The fourth-order valence-electron chi connectivity index (χ4n) is 5.15. The predicted octanol–water partition coefficient (Wildman–Crippen LogP) is 2.25. The van der Waals surface area contributed by atoms with Crippen molar-refractivity contribution in [3.8, 4) is 11.5 Å². The van der Waals surface area contributed by atoms with Crippen molar-refractivity contribution in [1.29, 1.82) is 0 Å². The van der Waals surface area contributed by atoms with Crippen LogP contribution in [-0.4, -0.2) is 39.9 Å². The van der Waals surface area contributed by atoms with Crippen LogP contribution in [0.15, 0.2) is 10.5 Å². The highest BCUT2D eigenvalue weighted by molar-refractivity contribution is 9.10. The number of hydrogen-bond acceptors (Lipinski definition) is 4. The van der Waals surface area contributed by atoms with Crippen molar-refractivity contribution in [2.45, 2.75) is 43.6 Å². The van der Waals surface area contributed by atoms with E-state index in [4.69, 9.17) is 0 Å². The molecule has 1 heterocycles. The van der Waals surface area contributed by atoms with Crippen LogP contribution >= 0.6 is 15.9 Å². The van der Waals surface area contributed by atoms with Gasteiger partial charge in [0.05, 0.1) is 4.47 Å². The van der Waals surface area contributed by atoms with E-state index in [1.54, 1.807) is 0 Å². The molecule has 2 N–H and O–H groups in total. The zero-order chi connectivity index (χ0) is 16.4. The SMILES string of the molecule is O=CN1CC[C@]23CC(=O)CC[C@H]2[C@H]1Cc1c(Br)c(O)cc(O)c13. The van der Waals surface area contributed by atoms with E-state index in [1.165, 1.54) is 6.07 Å². The molecule has 2 aliphatic carbocycles. The normalized spacial score (nSPS) is 32.2. The number of Topliss-reactive ketones (excluding diaryl/α,β-unsaturated/α-hetero) is 1. The van der Waals surface area contributed by atoms with Gasteiger partial charge in [-0.1, -0.05) is 0 Å². The van der Waals surface area contributed by atoms with Gasteiger partial charge in [0.2, 0.25) is 6.41 Å². The number of carbonyl (C=O) groups excluding carboxylic acids is 2. The zero-order valence-electron chi connectivity index (χ0n) is 12.6. The van der Waals surface area contributed by atoms with Gasteiger partial charge in [-0.05, 0) is 46.7 Å². The van der Waals surface area contributed by atoms with Gasteiger partial charge < -0.3 is 15.1 Å². The van der Waals surface area contributed by atoms with Crippen LogP contribution in [0.5, 0.6) is 11.5 Å². The summed E-state index contributed by atoms with van der Waals surface area (Å²) in [5.74, 6) is 0.470. The molecule has 0 spiro atoms. The maximum absolute atomic E-state index is 12.2. The first-order chi connectivity index (χ1) is 11.0. The van der Waals surface area contributed by atoms with Crippen molar-refractivity contribution >= 4 is 28.1 Å². The van der Waals surface area contributed by atoms with E-state index in [1.807, 2.05) is 4.90 Å². The molecular weight excluding hydrogens is 362 g/mol. The summed E-state index contributed by atoms with van der Waals surface area (Å²) in [6, 6.07) is 1.39. The number of phenols is 2. The Kier molecular flexibility index (Phi) is 3.24. The first-order valence-electron chi connectivity index (χ1n) is 7.94. The number of likely N-dealkylation sites (tertiary alicyclic amines) is 1. The second-order valence-corrected chi connectivity index (χ2v) is 7.76. The highest BCUT2D eigenvalue weighted by Crippen LogP contribution is 2.58. The summed E-state index contributed by atoms with van der Waals surface area (Å²) in [6.45, 7) is 0.606. The highest BCUT2D eigenvalue weighted by Gasteiger charge is 2.57. The van der Waals surface area contributed by atoms with Crippen LogP contribution < -0.4 is 0 Å². The summed E-state index contributed by atoms with van der Waals surface area (Å²) in [5.41, 5.74) is 1.24.